The van der Waals surface area contributed by atoms with Crippen LogP contribution >= 0.6 is 11.3 Å². The van der Waals surface area contributed by atoms with Crippen LogP contribution in [0.15, 0.2) is 16.8 Å². The summed E-state index contributed by atoms with van der Waals surface area (Å²) in [4.78, 5) is 0. The van der Waals surface area contributed by atoms with Crippen LogP contribution in [-0.4, -0.2) is 18.3 Å². The number of hydrogen-bond donors (Lipinski definition) is 2. The number of hydrogen-bond acceptors (Lipinski definition) is 3. The highest BCUT2D eigenvalue weighted by atomic mass is 32.1. The fourth-order valence-corrected chi connectivity index (χ4v) is 3.23. The summed E-state index contributed by atoms with van der Waals surface area (Å²) >= 11 is 1.74. The van der Waals surface area contributed by atoms with Gasteiger partial charge >= 0.3 is 0 Å². The van der Waals surface area contributed by atoms with E-state index in [0.717, 1.165) is 13.1 Å². The van der Waals surface area contributed by atoms with E-state index in [0.29, 0.717) is 6.61 Å². The van der Waals surface area contributed by atoms with Gasteiger partial charge in [-0.3, -0.25) is 0 Å². The second-order valence-electron chi connectivity index (χ2n) is 4.95. The van der Waals surface area contributed by atoms with Gasteiger partial charge in [0.05, 0.1) is 0 Å². The summed E-state index contributed by atoms with van der Waals surface area (Å²) in [5.74, 6) is 0. The molecule has 0 aromatic carbocycles. The van der Waals surface area contributed by atoms with Crippen LogP contribution in [0.25, 0.3) is 0 Å². The highest BCUT2D eigenvalue weighted by Crippen LogP contribution is 2.35. The zero-order valence-corrected chi connectivity index (χ0v) is 10.6. The molecule has 1 saturated carbocycles. The first-order valence-electron chi connectivity index (χ1n) is 6.17. The highest BCUT2D eigenvalue weighted by Gasteiger charge is 2.30. The predicted molar refractivity (Wildman–Crippen MR) is 68.6 cm³/mol. The summed E-state index contributed by atoms with van der Waals surface area (Å²) in [6.45, 7) is 2.23. The molecule has 1 aliphatic carbocycles. The van der Waals surface area contributed by atoms with Crippen molar-refractivity contribution in [2.24, 2.45) is 5.41 Å². The molecule has 0 saturated heterocycles. The summed E-state index contributed by atoms with van der Waals surface area (Å²) in [7, 11) is 0. The summed E-state index contributed by atoms with van der Waals surface area (Å²) in [5.41, 5.74) is 1.52. The number of rotatable bonds is 5. The number of aliphatic hydroxyl groups excluding tert-OH is 1. The number of aliphatic hydroxyl groups is 1. The lowest BCUT2D eigenvalue weighted by atomic mass is 9.74. The van der Waals surface area contributed by atoms with E-state index >= 15 is 0 Å². The summed E-state index contributed by atoms with van der Waals surface area (Å²) in [6.07, 6.45) is 6.26. The van der Waals surface area contributed by atoms with Crippen molar-refractivity contribution < 1.29 is 5.11 Å². The molecule has 1 heterocycles. The first-order chi connectivity index (χ1) is 7.85. The molecular formula is C13H21NOS. The van der Waals surface area contributed by atoms with Gasteiger partial charge in [-0.2, -0.15) is 11.3 Å². The van der Waals surface area contributed by atoms with Crippen LogP contribution < -0.4 is 5.32 Å². The summed E-state index contributed by atoms with van der Waals surface area (Å²) in [6, 6.07) is 2.16. The van der Waals surface area contributed by atoms with Crippen molar-refractivity contribution in [3.8, 4) is 0 Å². The van der Waals surface area contributed by atoms with Crippen LogP contribution in [0, 0.1) is 5.41 Å². The van der Waals surface area contributed by atoms with Gasteiger partial charge in [-0.15, -0.1) is 0 Å². The third-order valence-corrected chi connectivity index (χ3v) is 4.39. The third kappa shape index (κ3) is 3.06. The van der Waals surface area contributed by atoms with Gasteiger partial charge in [0, 0.05) is 25.1 Å². The highest BCUT2D eigenvalue weighted by molar-refractivity contribution is 7.07. The molecule has 0 atom stereocenters. The van der Waals surface area contributed by atoms with Crippen molar-refractivity contribution >= 4 is 11.3 Å². The van der Waals surface area contributed by atoms with E-state index in [1.165, 1.54) is 37.7 Å². The van der Waals surface area contributed by atoms with Crippen LogP contribution in [-0.2, 0) is 6.54 Å². The molecule has 1 fully saturated rings. The summed E-state index contributed by atoms with van der Waals surface area (Å²) in [5, 5.41) is 17.3. The van der Waals surface area contributed by atoms with Crippen molar-refractivity contribution in [3.63, 3.8) is 0 Å². The lowest BCUT2D eigenvalue weighted by Crippen LogP contribution is -2.38. The maximum absolute atomic E-state index is 9.56. The fraction of sp³-hybridized carbons (Fsp3) is 0.692. The Labute approximate surface area is 102 Å². The summed E-state index contributed by atoms with van der Waals surface area (Å²) < 4.78 is 0. The molecule has 0 unspecified atom stereocenters. The molecule has 2 nitrogen and oxygen atoms in total. The minimum Gasteiger partial charge on any atom is -0.396 e. The Morgan fingerprint density at radius 1 is 1.31 bits per heavy atom. The zero-order valence-electron chi connectivity index (χ0n) is 9.74. The van der Waals surface area contributed by atoms with Crippen LogP contribution in [0.5, 0.6) is 0 Å². The monoisotopic (exact) mass is 239 g/mol. The van der Waals surface area contributed by atoms with E-state index in [9.17, 15) is 5.11 Å². The van der Waals surface area contributed by atoms with Gasteiger partial charge in [0.1, 0.15) is 0 Å². The van der Waals surface area contributed by atoms with Gasteiger partial charge in [0.15, 0.2) is 0 Å². The normalized spacial score (nSPS) is 19.8. The molecule has 0 spiro atoms. The fourth-order valence-electron chi connectivity index (χ4n) is 2.56. The minimum absolute atomic E-state index is 0.161. The molecule has 0 radical (unpaired) electrons. The maximum Gasteiger partial charge on any atom is 0.0499 e. The van der Waals surface area contributed by atoms with E-state index in [1.54, 1.807) is 11.3 Å². The molecule has 3 heteroatoms. The van der Waals surface area contributed by atoms with Crippen molar-refractivity contribution in [1.29, 1.82) is 0 Å². The topological polar surface area (TPSA) is 32.3 Å². The van der Waals surface area contributed by atoms with Crippen molar-refractivity contribution in [2.75, 3.05) is 13.2 Å². The van der Waals surface area contributed by atoms with Crippen molar-refractivity contribution in [1.82, 2.24) is 5.32 Å². The lowest BCUT2D eigenvalue weighted by molar-refractivity contribution is 0.0811. The van der Waals surface area contributed by atoms with Crippen molar-refractivity contribution in [2.45, 2.75) is 38.6 Å². The first-order valence-corrected chi connectivity index (χ1v) is 7.12. The number of thiophene rings is 1. The van der Waals surface area contributed by atoms with Gasteiger partial charge in [0.25, 0.3) is 0 Å². The minimum atomic E-state index is 0.161. The Hall–Kier alpha value is -0.380. The van der Waals surface area contributed by atoms with Crippen LogP contribution in [0.3, 0.4) is 0 Å². The number of nitrogens with one attached hydrogen (secondary N) is 1. The Balaban J connectivity index is 1.78. The molecule has 2 rings (SSSR count). The van der Waals surface area contributed by atoms with Gasteiger partial charge in [-0.1, -0.05) is 19.3 Å². The molecular weight excluding hydrogens is 218 g/mol. The Kier molecular flexibility index (Phi) is 4.38. The molecule has 1 aromatic heterocycles. The Morgan fingerprint density at radius 3 is 2.75 bits per heavy atom. The Morgan fingerprint density at radius 2 is 2.12 bits per heavy atom. The lowest BCUT2D eigenvalue weighted by Gasteiger charge is -2.35. The van der Waals surface area contributed by atoms with Gasteiger partial charge in [0.2, 0.25) is 0 Å². The second-order valence-corrected chi connectivity index (χ2v) is 5.73. The molecule has 90 valence electrons. The Bertz CT molecular complexity index is 291. The molecule has 1 aromatic rings. The average molecular weight is 239 g/mol. The molecule has 2 N–H and O–H groups in total. The van der Waals surface area contributed by atoms with E-state index in [-0.39, 0.29) is 5.41 Å². The van der Waals surface area contributed by atoms with Crippen molar-refractivity contribution in [3.05, 3.63) is 22.4 Å². The molecule has 0 amide bonds. The van der Waals surface area contributed by atoms with E-state index < -0.39 is 0 Å². The van der Waals surface area contributed by atoms with Crippen LogP contribution in [0.4, 0.5) is 0 Å². The van der Waals surface area contributed by atoms with E-state index in [2.05, 4.69) is 22.1 Å². The second kappa shape index (κ2) is 5.80. The third-order valence-electron chi connectivity index (χ3n) is 3.66. The van der Waals surface area contributed by atoms with Gasteiger partial charge in [-0.05, 0) is 35.2 Å². The maximum atomic E-state index is 9.56. The standard InChI is InChI=1S/C13H21NOS/c15-11-13(5-2-1-3-6-13)10-14-8-12-4-7-16-9-12/h4,7,9,14-15H,1-3,5-6,8,10-11H2. The van der Waals surface area contributed by atoms with Crippen LogP contribution in [0.1, 0.15) is 37.7 Å². The largest absolute Gasteiger partial charge is 0.396 e. The molecule has 16 heavy (non-hydrogen) atoms. The van der Waals surface area contributed by atoms with E-state index in [1.807, 2.05) is 0 Å². The van der Waals surface area contributed by atoms with Gasteiger partial charge in [-0.25, -0.2) is 0 Å². The van der Waals surface area contributed by atoms with Crippen LogP contribution in [0.2, 0.25) is 0 Å². The molecule has 1 aliphatic rings. The first kappa shape index (κ1) is 12.1. The molecule has 0 aliphatic heterocycles. The SMILES string of the molecule is OCC1(CNCc2ccsc2)CCCCC1. The molecule has 0 bridgehead atoms. The quantitative estimate of drug-likeness (QED) is 0.828. The average Bonchev–Trinajstić information content (AvgIpc) is 2.83. The predicted octanol–water partition coefficient (Wildman–Crippen LogP) is 2.78. The smallest absolute Gasteiger partial charge is 0.0499 e. The zero-order chi connectivity index (χ0) is 11.3. The van der Waals surface area contributed by atoms with E-state index in [4.69, 9.17) is 0 Å². The van der Waals surface area contributed by atoms with Gasteiger partial charge < -0.3 is 10.4 Å².